The fourth-order valence-corrected chi connectivity index (χ4v) is 2.77. The van der Waals surface area contributed by atoms with Gasteiger partial charge < -0.3 is 10.1 Å². The third kappa shape index (κ3) is 3.00. The van der Waals surface area contributed by atoms with E-state index in [4.69, 9.17) is 4.74 Å². The summed E-state index contributed by atoms with van der Waals surface area (Å²) in [6, 6.07) is 12.5. The van der Waals surface area contributed by atoms with Crippen LogP contribution in [0.15, 0.2) is 46.9 Å². The molecule has 1 heterocycles. The fraction of sp³-hybridized carbons (Fsp3) is 0.200. The van der Waals surface area contributed by atoms with Crippen LogP contribution < -0.4 is 10.1 Å². The molecule has 0 radical (unpaired) electrons. The molecule has 2 aromatic rings. The molecule has 1 unspecified atom stereocenters. The first-order valence-electron chi connectivity index (χ1n) is 6.57. The van der Waals surface area contributed by atoms with Gasteiger partial charge in [0.1, 0.15) is 5.75 Å². The van der Waals surface area contributed by atoms with Gasteiger partial charge in [0.05, 0.1) is 17.6 Å². The highest BCUT2D eigenvalue weighted by molar-refractivity contribution is 9.10. The van der Waals surface area contributed by atoms with Gasteiger partial charge in [0.25, 0.3) is 5.69 Å². The molecule has 1 N–H and O–H groups in total. The highest BCUT2D eigenvalue weighted by Gasteiger charge is 2.21. The van der Waals surface area contributed by atoms with Crippen LogP contribution in [0.5, 0.6) is 5.75 Å². The Morgan fingerprint density at radius 1 is 1.24 bits per heavy atom. The molecule has 0 aliphatic carbocycles. The topological polar surface area (TPSA) is 64.4 Å². The number of nitrogens with zero attached hydrogens (tertiary/aromatic N) is 1. The van der Waals surface area contributed by atoms with E-state index >= 15 is 0 Å². The molecule has 0 amide bonds. The van der Waals surface area contributed by atoms with Crippen molar-refractivity contribution in [2.45, 2.75) is 12.5 Å². The third-order valence-electron chi connectivity index (χ3n) is 3.43. The smallest absolute Gasteiger partial charge is 0.269 e. The minimum Gasteiger partial charge on any atom is -0.493 e. The Morgan fingerprint density at radius 3 is 2.71 bits per heavy atom. The summed E-state index contributed by atoms with van der Waals surface area (Å²) in [5.41, 5.74) is 2.04. The monoisotopic (exact) mass is 348 g/mol. The molecule has 0 bridgehead atoms. The Kier molecular flexibility index (Phi) is 3.79. The predicted octanol–water partition coefficient (Wildman–Crippen LogP) is 4.29. The molecule has 6 heteroatoms. The summed E-state index contributed by atoms with van der Waals surface area (Å²) in [6.07, 6.45) is 0.848. The summed E-state index contributed by atoms with van der Waals surface area (Å²) in [5.74, 6) is 0.879. The Morgan fingerprint density at radius 2 is 2.00 bits per heavy atom. The maximum Gasteiger partial charge on any atom is 0.269 e. The van der Waals surface area contributed by atoms with Crippen LogP contribution in [0.2, 0.25) is 0 Å². The number of hydrogen-bond donors (Lipinski definition) is 1. The van der Waals surface area contributed by atoms with Crippen molar-refractivity contribution in [3.05, 3.63) is 62.6 Å². The van der Waals surface area contributed by atoms with Gasteiger partial charge in [0.2, 0.25) is 0 Å². The second-order valence-electron chi connectivity index (χ2n) is 4.82. The Bertz CT molecular complexity index is 673. The highest BCUT2D eigenvalue weighted by atomic mass is 79.9. The third-order valence-corrected chi connectivity index (χ3v) is 3.92. The molecular weight excluding hydrogens is 336 g/mol. The van der Waals surface area contributed by atoms with E-state index in [-0.39, 0.29) is 11.7 Å². The van der Waals surface area contributed by atoms with Crippen molar-refractivity contribution >= 4 is 27.3 Å². The number of ether oxygens (including phenoxy) is 1. The summed E-state index contributed by atoms with van der Waals surface area (Å²) in [4.78, 5) is 10.3. The minimum absolute atomic E-state index is 0.0932. The molecule has 1 aliphatic heterocycles. The molecule has 108 valence electrons. The maximum absolute atomic E-state index is 10.7. The molecule has 1 aliphatic rings. The average molecular weight is 349 g/mol. The van der Waals surface area contributed by atoms with Crippen LogP contribution in [-0.4, -0.2) is 11.5 Å². The number of rotatable bonds is 3. The molecule has 0 spiro atoms. The van der Waals surface area contributed by atoms with Gasteiger partial charge in [-0.1, -0.05) is 15.9 Å². The quantitative estimate of drug-likeness (QED) is 0.663. The lowest BCUT2D eigenvalue weighted by atomic mass is 10.0. The first-order valence-corrected chi connectivity index (χ1v) is 7.36. The van der Waals surface area contributed by atoms with E-state index in [0.29, 0.717) is 6.61 Å². The molecule has 1 atom stereocenters. The largest absolute Gasteiger partial charge is 0.493 e. The van der Waals surface area contributed by atoms with Crippen LogP contribution in [0.1, 0.15) is 18.0 Å². The number of nitro groups is 1. The highest BCUT2D eigenvalue weighted by Crippen LogP contribution is 2.36. The molecule has 0 saturated carbocycles. The first-order chi connectivity index (χ1) is 10.1. The van der Waals surface area contributed by atoms with E-state index in [2.05, 4.69) is 21.2 Å². The van der Waals surface area contributed by atoms with E-state index in [9.17, 15) is 10.1 Å². The Hall–Kier alpha value is -2.08. The van der Waals surface area contributed by atoms with Crippen LogP contribution >= 0.6 is 15.9 Å². The lowest BCUT2D eigenvalue weighted by Crippen LogP contribution is -2.20. The molecule has 0 fully saturated rings. The van der Waals surface area contributed by atoms with E-state index < -0.39 is 4.92 Å². The van der Waals surface area contributed by atoms with Gasteiger partial charge in [-0.3, -0.25) is 10.1 Å². The van der Waals surface area contributed by atoms with E-state index in [1.807, 2.05) is 18.2 Å². The standard InChI is InChI=1S/C15H13BrN2O3/c16-10-1-6-15-13(9-10)14(7-8-21-15)17-11-2-4-12(5-3-11)18(19)20/h1-6,9,14,17H,7-8H2. The number of halogens is 1. The minimum atomic E-state index is -0.398. The summed E-state index contributed by atoms with van der Waals surface area (Å²) >= 11 is 3.47. The van der Waals surface area contributed by atoms with Crippen LogP contribution in [0.4, 0.5) is 11.4 Å². The molecule has 5 nitrogen and oxygen atoms in total. The van der Waals surface area contributed by atoms with Crippen molar-refractivity contribution in [1.29, 1.82) is 0 Å². The second kappa shape index (κ2) is 5.73. The Balaban J connectivity index is 1.83. The zero-order valence-corrected chi connectivity index (χ0v) is 12.7. The lowest BCUT2D eigenvalue weighted by Gasteiger charge is -2.27. The zero-order chi connectivity index (χ0) is 14.8. The summed E-state index contributed by atoms with van der Waals surface area (Å²) < 4.78 is 6.65. The number of benzene rings is 2. The lowest BCUT2D eigenvalue weighted by molar-refractivity contribution is -0.384. The number of nitro benzene ring substituents is 1. The van der Waals surface area contributed by atoms with Crippen molar-refractivity contribution in [3.8, 4) is 5.75 Å². The normalized spacial score (nSPS) is 16.7. The number of hydrogen-bond acceptors (Lipinski definition) is 4. The van der Waals surface area contributed by atoms with Crippen LogP contribution in [-0.2, 0) is 0 Å². The van der Waals surface area contributed by atoms with Gasteiger partial charge in [-0.25, -0.2) is 0 Å². The summed E-state index contributed by atoms with van der Waals surface area (Å²) in [7, 11) is 0. The van der Waals surface area contributed by atoms with Crippen molar-refractivity contribution < 1.29 is 9.66 Å². The van der Waals surface area contributed by atoms with Crippen molar-refractivity contribution in [2.75, 3.05) is 11.9 Å². The van der Waals surface area contributed by atoms with Crippen molar-refractivity contribution in [3.63, 3.8) is 0 Å². The summed E-state index contributed by atoms with van der Waals surface area (Å²) in [6.45, 7) is 0.652. The maximum atomic E-state index is 10.7. The van der Waals surface area contributed by atoms with Gasteiger partial charge in [0, 0.05) is 34.3 Å². The number of nitrogens with one attached hydrogen (secondary N) is 1. The van der Waals surface area contributed by atoms with Crippen LogP contribution in [0.25, 0.3) is 0 Å². The SMILES string of the molecule is O=[N+]([O-])c1ccc(NC2CCOc3ccc(Br)cc32)cc1. The molecule has 2 aromatic carbocycles. The van der Waals surface area contributed by atoms with Crippen LogP contribution in [0, 0.1) is 10.1 Å². The van der Waals surface area contributed by atoms with Gasteiger partial charge in [-0.2, -0.15) is 0 Å². The predicted molar refractivity (Wildman–Crippen MR) is 83.7 cm³/mol. The van der Waals surface area contributed by atoms with Gasteiger partial charge in [-0.15, -0.1) is 0 Å². The van der Waals surface area contributed by atoms with Gasteiger partial charge >= 0.3 is 0 Å². The fourth-order valence-electron chi connectivity index (χ4n) is 2.40. The molecule has 0 saturated heterocycles. The van der Waals surface area contributed by atoms with E-state index in [1.54, 1.807) is 12.1 Å². The van der Waals surface area contributed by atoms with Gasteiger partial charge in [-0.05, 0) is 30.3 Å². The number of non-ortho nitro benzene ring substituents is 1. The number of fused-ring (bicyclic) bond motifs is 1. The second-order valence-corrected chi connectivity index (χ2v) is 5.74. The average Bonchev–Trinajstić information content (AvgIpc) is 2.48. The van der Waals surface area contributed by atoms with E-state index in [0.717, 1.165) is 27.9 Å². The first kappa shape index (κ1) is 13.9. The van der Waals surface area contributed by atoms with Gasteiger partial charge in [0.15, 0.2) is 0 Å². The summed E-state index contributed by atoms with van der Waals surface area (Å²) in [5, 5.41) is 14.1. The zero-order valence-electron chi connectivity index (χ0n) is 11.1. The Labute approximate surface area is 130 Å². The molecule has 21 heavy (non-hydrogen) atoms. The van der Waals surface area contributed by atoms with Crippen LogP contribution in [0.3, 0.4) is 0 Å². The van der Waals surface area contributed by atoms with Crippen molar-refractivity contribution in [1.82, 2.24) is 0 Å². The van der Waals surface area contributed by atoms with E-state index in [1.165, 1.54) is 12.1 Å². The number of anilines is 1. The molecule has 3 rings (SSSR count). The molecule has 0 aromatic heterocycles. The van der Waals surface area contributed by atoms with Crippen molar-refractivity contribution in [2.24, 2.45) is 0 Å². The molecular formula is C15H13BrN2O3.